The van der Waals surface area contributed by atoms with Crippen LogP contribution in [0.2, 0.25) is 0 Å². The van der Waals surface area contributed by atoms with Gasteiger partial charge < -0.3 is 9.84 Å². The molecule has 0 amide bonds. The van der Waals surface area contributed by atoms with Gasteiger partial charge in [-0.15, -0.1) is 0 Å². The second kappa shape index (κ2) is 5.82. The lowest BCUT2D eigenvalue weighted by Gasteiger charge is -2.13. The number of aliphatic hydroxyl groups is 1. The minimum Gasteiger partial charge on any atom is -0.495 e. The molecule has 94 valence electrons. The third-order valence-electron chi connectivity index (χ3n) is 2.49. The van der Waals surface area contributed by atoms with E-state index in [1.54, 1.807) is 25.6 Å². The predicted octanol–water partition coefficient (Wildman–Crippen LogP) is 3.70. The average molecular weight is 373 g/mol. The zero-order valence-electron chi connectivity index (χ0n) is 9.60. The van der Waals surface area contributed by atoms with Crippen molar-refractivity contribution in [2.45, 2.75) is 6.10 Å². The van der Waals surface area contributed by atoms with Gasteiger partial charge >= 0.3 is 0 Å². The van der Waals surface area contributed by atoms with Gasteiger partial charge in [-0.2, -0.15) is 0 Å². The normalized spacial score (nSPS) is 12.2. The number of rotatable bonds is 3. The third kappa shape index (κ3) is 3.10. The first-order valence-electron chi connectivity index (χ1n) is 5.23. The molecule has 0 bridgehead atoms. The van der Waals surface area contributed by atoms with Gasteiger partial charge in [-0.25, -0.2) is 0 Å². The summed E-state index contributed by atoms with van der Waals surface area (Å²) in [7, 11) is 1.57. The Morgan fingerprint density at radius 1 is 1.06 bits per heavy atom. The number of aromatic nitrogens is 1. The Balaban J connectivity index is 2.37. The Morgan fingerprint density at radius 3 is 2.33 bits per heavy atom. The molecule has 0 radical (unpaired) electrons. The van der Waals surface area contributed by atoms with Crippen molar-refractivity contribution in [3.05, 3.63) is 56.7 Å². The zero-order valence-corrected chi connectivity index (χ0v) is 12.8. The molecule has 0 spiro atoms. The van der Waals surface area contributed by atoms with E-state index in [2.05, 4.69) is 36.8 Å². The molecule has 2 aromatic rings. The number of hydrogen-bond acceptors (Lipinski definition) is 3. The Kier molecular flexibility index (Phi) is 4.37. The van der Waals surface area contributed by atoms with E-state index in [4.69, 9.17) is 4.74 Å². The van der Waals surface area contributed by atoms with Crippen LogP contribution in [0.1, 0.15) is 17.2 Å². The number of ether oxygens (including phenoxy) is 1. The van der Waals surface area contributed by atoms with E-state index in [9.17, 15) is 5.11 Å². The molecule has 1 atom stereocenters. The molecule has 1 aromatic heterocycles. The van der Waals surface area contributed by atoms with Gasteiger partial charge in [-0.05, 0) is 29.8 Å². The molecule has 1 N–H and O–H groups in total. The van der Waals surface area contributed by atoms with E-state index in [1.165, 1.54) is 0 Å². The molecule has 1 aromatic carbocycles. The maximum atomic E-state index is 10.3. The third-order valence-corrected chi connectivity index (χ3v) is 3.40. The molecule has 18 heavy (non-hydrogen) atoms. The monoisotopic (exact) mass is 371 g/mol. The van der Waals surface area contributed by atoms with Crippen molar-refractivity contribution >= 4 is 31.9 Å². The van der Waals surface area contributed by atoms with Crippen molar-refractivity contribution in [1.29, 1.82) is 0 Å². The van der Waals surface area contributed by atoms with Gasteiger partial charge in [-0.3, -0.25) is 4.98 Å². The van der Waals surface area contributed by atoms with E-state index >= 15 is 0 Å². The van der Waals surface area contributed by atoms with E-state index in [0.29, 0.717) is 11.3 Å². The average Bonchev–Trinajstić information content (AvgIpc) is 2.37. The van der Waals surface area contributed by atoms with Crippen molar-refractivity contribution in [2.24, 2.45) is 0 Å². The molecule has 5 heteroatoms. The van der Waals surface area contributed by atoms with Crippen LogP contribution < -0.4 is 4.74 Å². The predicted molar refractivity (Wildman–Crippen MR) is 76.7 cm³/mol. The number of pyridine rings is 1. The lowest BCUT2D eigenvalue weighted by molar-refractivity contribution is 0.219. The largest absolute Gasteiger partial charge is 0.495 e. The molecular weight excluding hydrogens is 362 g/mol. The molecule has 0 aliphatic carbocycles. The molecule has 0 saturated carbocycles. The summed E-state index contributed by atoms with van der Waals surface area (Å²) in [4.78, 5) is 4.04. The summed E-state index contributed by atoms with van der Waals surface area (Å²) in [6, 6.07) is 7.43. The summed E-state index contributed by atoms with van der Waals surface area (Å²) in [5.74, 6) is 0.626. The lowest BCUT2D eigenvalue weighted by atomic mass is 10.0. The summed E-state index contributed by atoms with van der Waals surface area (Å²) in [6.07, 6.45) is 2.50. The highest BCUT2D eigenvalue weighted by Crippen LogP contribution is 2.29. The molecule has 0 aliphatic heterocycles. The Bertz CT molecular complexity index is 540. The van der Waals surface area contributed by atoms with Gasteiger partial charge in [0.1, 0.15) is 11.9 Å². The molecule has 0 saturated heterocycles. The summed E-state index contributed by atoms with van der Waals surface area (Å²) in [5, 5.41) is 10.3. The Labute approximate surface area is 122 Å². The minimum absolute atomic E-state index is 0.626. The van der Waals surface area contributed by atoms with Crippen molar-refractivity contribution in [2.75, 3.05) is 7.11 Å². The number of hydrogen-bond donors (Lipinski definition) is 1. The van der Waals surface area contributed by atoms with E-state index in [0.717, 1.165) is 14.5 Å². The van der Waals surface area contributed by atoms with Crippen molar-refractivity contribution in [3.8, 4) is 5.75 Å². The fourth-order valence-electron chi connectivity index (χ4n) is 1.62. The van der Waals surface area contributed by atoms with Crippen LogP contribution in [0.15, 0.2) is 45.6 Å². The molecule has 0 fully saturated rings. The van der Waals surface area contributed by atoms with Crippen LogP contribution in [0.3, 0.4) is 0 Å². The van der Waals surface area contributed by atoms with Crippen LogP contribution in [0.5, 0.6) is 5.75 Å². The summed E-state index contributed by atoms with van der Waals surface area (Å²) < 4.78 is 6.91. The highest BCUT2D eigenvalue weighted by atomic mass is 79.9. The quantitative estimate of drug-likeness (QED) is 0.893. The van der Waals surface area contributed by atoms with Crippen LogP contribution >= 0.6 is 31.9 Å². The first-order chi connectivity index (χ1) is 8.60. The van der Waals surface area contributed by atoms with Crippen LogP contribution in [0.4, 0.5) is 0 Å². The van der Waals surface area contributed by atoms with Gasteiger partial charge in [0.05, 0.1) is 13.3 Å². The summed E-state index contributed by atoms with van der Waals surface area (Å²) >= 11 is 6.80. The molecule has 1 unspecified atom stereocenters. The van der Waals surface area contributed by atoms with Crippen molar-refractivity contribution in [3.63, 3.8) is 0 Å². The van der Waals surface area contributed by atoms with Crippen LogP contribution in [0, 0.1) is 0 Å². The molecule has 2 rings (SSSR count). The van der Waals surface area contributed by atoms with Crippen molar-refractivity contribution in [1.82, 2.24) is 4.98 Å². The number of nitrogens with zero attached hydrogens (tertiary/aromatic N) is 1. The van der Waals surface area contributed by atoms with Gasteiger partial charge in [0.2, 0.25) is 0 Å². The maximum Gasteiger partial charge on any atom is 0.137 e. The smallest absolute Gasteiger partial charge is 0.137 e. The highest BCUT2D eigenvalue weighted by molar-refractivity contribution is 9.11. The van der Waals surface area contributed by atoms with Crippen LogP contribution in [-0.4, -0.2) is 17.2 Å². The minimum atomic E-state index is -0.735. The van der Waals surface area contributed by atoms with E-state index in [-0.39, 0.29) is 0 Å². The van der Waals surface area contributed by atoms with Crippen molar-refractivity contribution < 1.29 is 9.84 Å². The van der Waals surface area contributed by atoms with Gasteiger partial charge in [-0.1, -0.05) is 31.9 Å². The molecule has 1 heterocycles. The van der Waals surface area contributed by atoms with Gasteiger partial charge in [0, 0.05) is 20.7 Å². The molecular formula is C13H11Br2NO2. The van der Waals surface area contributed by atoms with Gasteiger partial charge in [0.25, 0.3) is 0 Å². The number of halogens is 2. The fraction of sp³-hybridized carbons (Fsp3) is 0.154. The molecule has 3 nitrogen and oxygen atoms in total. The number of methoxy groups -OCH3 is 1. The van der Waals surface area contributed by atoms with E-state index in [1.807, 2.05) is 18.2 Å². The number of aliphatic hydroxyl groups excluding tert-OH is 1. The van der Waals surface area contributed by atoms with E-state index < -0.39 is 6.10 Å². The second-order valence-electron chi connectivity index (χ2n) is 3.76. The summed E-state index contributed by atoms with van der Waals surface area (Å²) in [5.41, 5.74) is 1.48. The number of benzene rings is 1. The topological polar surface area (TPSA) is 42.4 Å². The zero-order chi connectivity index (χ0) is 13.1. The lowest BCUT2D eigenvalue weighted by Crippen LogP contribution is -2.01. The molecule has 0 aliphatic rings. The maximum absolute atomic E-state index is 10.3. The first-order valence-corrected chi connectivity index (χ1v) is 6.82. The standard InChI is InChI=1S/C13H11Br2NO2/c1-18-12-4-9(6-16-7-12)13(17)8-2-10(14)5-11(15)3-8/h2-7,13,17H,1H3. The Hall–Kier alpha value is -0.910. The van der Waals surface area contributed by atoms with Gasteiger partial charge in [0.15, 0.2) is 0 Å². The summed E-state index contributed by atoms with van der Waals surface area (Å²) in [6.45, 7) is 0. The van der Waals surface area contributed by atoms with Crippen LogP contribution in [-0.2, 0) is 0 Å². The highest BCUT2D eigenvalue weighted by Gasteiger charge is 2.13. The second-order valence-corrected chi connectivity index (χ2v) is 5.59. The first kappa shape index (κ1) is 13.5. The fourth-order valence-corrected chi connectivity index (χ4v) is 2.95. The van der Waals surface area contributed by atoms with Crippen LogP contribution in [0.25, 0.3) is 0 Å². The Morgan fingerprint density at radius 2 is 1.72 bits per heavy atom. The SMILES string of the molecule is COc1cncc(C(O)c2cc(Br)cc(Br)c2)c1.